The average Bonchev–Trinajstić information content (AvgIpc) is 2.72. The molecule has 0 radical (unpaired) electrons. The van der Waals surface area contributed by atoms with Crippen LogP contribution in [0.4, 0.5) is 4.79 Å². The van der Waals surface area contributed by atoms with E-state index in [1.165, 1.54) is 4.90 Å². The number of hydrogen-bond donors (Lipinski definition) is 0. The molecular weight excluding hydrogens is 306 g/mol. The van der Waals surface area contributed by atoms with Crippen LogP contribution in [-0.2, 0) is 4.79 Å². The van der Waals surface area contributed by atoms with E-state index in [1.54, 1.807) is 12.2 Å². The van der Waals surface area contributed by atoms with Crippen molar-refractivity contribution in [3.63, 3.8) is 0 Å². The lowest BCUT2D eigenvalue weighted by molar-refractivity contribution is -0.122. The maximum atomic E-state index is 12.1. The van der Waals surface area contributed by atoms with Gasteiger partial charge in [0.2, 0.25) is 0 Å². The van der Waals surface area contributed by atoms with Crippen LogP contribution in [0.25, 0.3) is 6.08 Å². The summed E-state index contributed by atoms with van der Waals surface area (Å²) in [4.78, 5) is 25.6. The molecule has 0 aromatic heterocycles. The topological polar surface area (TPSA) is 37.4 Å². The zero-order valence-corrected chi connectivity index (χ0v) is 13.3. The molecule has 1 aliphatic rings. The van der Waals surface area contributed by atoms with E-state index < -0.39 is 0 Å². The van der Waals surface area contributed by atoms with Gasteiger partial charge in [-0.2, -0.15) is 0 Å². The zero-order valence-electron chi connectivity index (χ0n) is 11.7. The highest BCUT2D eigenvalue weighted by molar-refractivity contribution is 8.18. The predicted octanol–water partition coefficient (Wildman–Crippen LogP) is 4.65. The Morgan fingerprint density at radius 3 is 2.67 bits per heavy atom. The van der Waals surface area contributed by atoms with E-state index >= 15 is 0 Å². The number of benzene rings is 1. The van der Waals surface area contributed by atoms with Gasteiger partial charge in [0.25, 0.3) is 11.1 Å². The molecule has 0 N–H and O–H groups in total. The van der Waals surface area contributed by atoms with Crippen LogP contribution in [0.1, 0.15) is 25.3 Å². The molecule has 2 rings (SSSR count). The molecule has 110 valence electrons. The summed E-state index contributed by atoms with van der Waals surface area (Å²) in [6, 6.07) is 9.58. The molecule has 0 atom stereocenters. The summed E-state index contributed by atoms with van der Waals surface area (Å²) in [5, 5.41) is 0.214. The van der Waals surface area contributed by atoms with Gasteiger partial charge >= 0.3 is 0 Å². The largest absolute Gasteiger partial charge is 0.293 e. The number of imide groups is 1. The number of nitrogens with zero attached hydrogens (tertiary/aromatic N) is 1. The Morgan fingerprint density at radius 1 is 1.29 bits per heavy atom. The number of amides is 2. The first kappa shape index (κ1) is 15.9. The molecule has 2 amide bonds. The lowest BCUT2D eigenvalue weighted by Crippen LogP contribution is -2.29. The van der Waals surface area contributed by atoms with Crippen molar-refractivity contribution in [2.75, 3.05) is 6.54 Å². The molecule has 0 unspecified atom stereocenters. The van der Waals surface area contributed by atoms with Gasteiger partial charge in [-0.15, -0.1) is 0 Å². The smallest absolute Gasteiger partial charge is 0.268 e. The second-order valence-electron chi connectivity index (χ2n) is 4.63. The monoisotopic (exact) mass is 321 g/mol. The first-order valence-electron chi connectivity index (χ1n) is 6.79. The fraction of sp³-hybridized carbons (Fsp3) is 0.250. The standard InChI is InChI=1S/C16H16ClNO2S/c1-2-3-9-18-15(19)14(21-16(18)20)11-13(17)10-12-7-5-4-6-8-12/h4-8,10-11H,2-3,9H2,1H3/b13-10-,14-11-. The van der Waals surface area contributed by atoms with Gasteiger partial charge < -0.3 is 0 Å². The summed E-state index contributed by atoms with van der Waals surface area (Å²) in [6.45, 7) is 2.49. The van der Waals surface area contributed by atoms with Crippen LogP contribution < -0.4 is 0 Å². The lowest BCUT2D eigenvalue weighted by atomic mass is 10.2. The molecule has 5 heteroatoms. The van der Waals surface area contributed by atoms with Gasteiger partial charge in [-0.1, -0.05) is 55.3 Å². The Kier molecular flexibility index (Phi) is 5.65. The van der Waals surface area contributed by atoms with Crippen molar-refractivity contribution in [2.24, 2.45) is 0 Å². The van der Waals surface area contributed by atoms with Crippen molar-refractivity contribution in [1.82, 2.24) is 4.90 Å². The number of halogens is 1. The molecule has 1 fully saturated rings. The fourth-order valence-corrected chi connectivity index (χ4v) is 3.04. The van der Waals surface area contributed by atoms with Crippen molar-refractivity contribution in [3.05, 3.63) is 51.9 Å². The number of rotatable bonds is 5. The minimum atomic E-state index is -0.252. The zero-order chi connectivity index (χ0) is 15.2. The first-order valence-corrected chi connectivity index (χ1v) is 7.99. The van der Waals surface area contributed by atoms with Crippen LogP contribution in [0.2, 0.25) is 0 Å². The maximum Gasteiger partial charge on any atom is 0.293 e. The van der Waals surface area contributed by atoms with Gasteiger partial charge in [-0.05, 0) is 35.9 Å². The van der Waals surface area contributed by atoms with E-state index in [-0.39, 0.29) is 11.1 Å². The summed E-state index contributed by atoms with van der Waals surface area (Å²) in [5.41, 5.74) is 0.948. The second kappa shape index (κ2) is 7.48. The quantitative estimate of drug-likeness (QED) is 0.741. The van der Waals surface area contributed by atoms with E-state index in [2.05, 4.69) is 0 Å². The fourth-order valence-electron chi connectivity index (χ4n) is 1.88. The molecule has 3 nitrogen and oxygen atoms in total. The molecule has 0 aliphatic carbocycles. The van der Waals surface area contributed by atoms with E-state index in [0.717, 1.165) is 30.2 Å². The van der Waals surface area contributed by atoms with E-state index in [1.807, 2.05) is 37.3 Å². The third-order valence-electron chi connectivity index (χ3n) is 2.98. The molecule has 0 saturated carbocycles. The Bertz CT molecular complexity index is 596. The molecule has 0 spiro atoms. The highest BCUT2D eigenvalue weighted by atomic mass is 35.5. The molecule has 1 heterocycles. The van der Waals surface area contributed by atoms with Crippen molar-refractivity contribution in [1.29, 1.82) is 0 Å². The maximum absolute atomic E-state index is 12.1. The molecule has 1 aliphatic heterocycles. The Balaban J connectivity index is 2.13. The van der Waals surface area contributed by atoms with Crippen molar-refractivity contribution in [3.8, 4) is 0 Å². The van der Waals surface area contributed by atoms with Crippen molar-refractivity contribution < 1.29 is 9.59 Å². The van der Waals surface area contributed by atoms with Crippen molar-refractivity contribution >= 4 is 40.6 Å². The molecule has 1 saturated heterocycles. The number of hydrogen-bond acceptors (Lipinski definition) is 3. The summed E-state index contributed by atoms with van der Waals surface area (Å²) in [7, 11) is 0. The van der Waals surface area contributed by atoms with E-state index in [4.69, 9.17) is 11.6 Å². The molecule has 1 aromatic carbocycles. The van der Waals surface area contributed by atoms with Gasteiger partial charge in [0.15, 0.2) is 0 Å². The summed E-state index contributed by atoms with van der Waals surface area (Å²) >= 11 is 7.09. The van der Waals surface area contributed by atoms with Crippen molar-refractivity contribution in [2.45, 2.75) is 19.8 Å². The van der Waals surface area contributed by atoms with Crippen LogP contribution in [0.15, 0.2) is 46.3 Å². The van der Waals surface area contributed by atoms with Gasteiger partial charge in [-0.3, -0.25) is 14.5 Å². The Labute approximate surface area is 133 Å². The number of carbonyl (C=O) groups is 2. The molecular formula is C16H16ClNO2S. The SMILES string of the molecule is CCCCN1C(=O)S/C(=C\C(Cl)=C\c2ccccc2)C1=O. The highest BCUT2D eigenvalue weighted by Gasteiger charge is 2.34. The molecule has 1 aromatic rings. The van der Waals surface area contributed by atoms with Gasteiger partial charge in [0.05, 0.1) is 4.91 Å². The molecule has 21 heavy (non-hydrogen) atoms. The number of carbonyl (C=O) groups excluding carboxylic acids is 2. The van der Waals surface area contributed by atoms with E-state index in [0.29, 0.717) is 16.5 Å². The summed E-state index contributed by atoms with van der Waals surface area (Å²) < 4.78 is 0. The highest BCUT2D eigenvalue weighted by Crippen LogP contribution is 2.32. The average molecular weight is 322 g/mol. The Morgan fingerprint density at radius 2 is 2.00 bits per heavy atom. The normalized spacial score (nSPS) is 17.9. The minimum absolute atomic E-state index is 0.219. The Hall–Kier alpha value is -1.52. The summed E-state index contributed by atoms with van der Waals surface area (Å²) in [5.74, 6) is -0.252. The third kappa shape index (κ3) is 4.22. The van der Waals surface area contributed by atoms with Gasteiger partial charge in [0.1, 0.15) is 0 Å². The van der Waals surface area contributed by atoms with Crippen LogP contribution in [0.5, 0.6) is 0 Å². The number of thioether (sulfide) groups is 1. The van der Waals surface area contributed by atoms with Crippen LogP contribution in [-0.4, -0.2) is 22.6 Å². The third-order valence-corrected chi connectivity index (χ3v) is 4.11. The number of unbranched alkanes of at least 4 members (excludes halogenated alkanes) is 1. The van der Waals surface area contributed by atoms with Gasteiger partial charge in [0, 0.05) is 11.6 Å². The summed E-state index contributed by atoms with van der Waals surface area (Å²) in [6.07, 6.45) is 5.08. The minimum Gasteiger partial charge on any atom is -0.268 e. The van der Waals surface area contributed by atoms with Crippen LogP contribution >= 0.6 is 23.4 Å². The lowest BCUT2D eigenvalue weighted by Gasteiger charge is -2.10. The second-order valence-corrected chi connectivity index (χ2v) is 6.06. The molecule has 0 bridgehead atoms. The van der Waals surface area contributed by atoms with E-state index in [9.17, 15) is 9.59 Å². The number of allylic oxidation sites excluding steroid dienone is 2. The first-order chi connectivity index (χ1) is 10.1. The van der Waals surface area contributed by atoms with Crippen LogP contribution in [0, 0.1) is 0 Å². The van der Waals surface area contributed by atoms with Crippen LogP contribution in [0.3, 0.4) is 0 Å². The predicted molar refractivity (Wildman–Crippen MR) is 88.0 cm³/mol. The van der Waals surface area contributed by atoms with Gasteiger partial charge in [-0.25, -0.2) is 0 Å².